The molecule has 1 fully saturated rings. The molecule has 2 aliphatic rings. The number of hydrogen-bond donors (Lipinski definition) is 1. The minimum Gasteiger partial charge on any atom is -0.497 e. The van der Waals surface area contributed by atoms with Crippen molar-refractivity contribution in [3.05, 3.63) is 161 Å². The first-order valence-electron chi connectivity index (χ1n) is 15.3. The molecule has 47 heavy (non-hydrogen) atoms. The van der Waals surface area contributed by atoms with Gasteiger partial charge in [0, 0.05) is 5.69 Å². The third kappa shape index (κ3) is 5.27. The molecular weight excluding hydrogens is 611 g/mol. The Morgan fingerprint density at radius 1 is 0.809 bits per heavy atom. The van der Waals surface area contributed by atoms with E-state index in [0.29, 0.717) is 22.6 Å². The molecule has 0 radical (unpaired) electrons. The monoisotopic (exact) mass is 643 g/mol. The molecule has 5 aromatic carbocycles. The smallest absolute Gasteiger partial charge is 0.283 e. The summed E-state index contributed by atoms with van der Waals surface area (Å²) in [5.41, 5.74) is 3.25. The summed E-state index contributed by atoms with van der Waals surface area (Å²) in [6.45, 7) is 2.01. The van der Waals surface area contributed by atoms with Crippen molar-refractivity contribution in [3.63, 3.8) is 0 Å². The van der Waals surface area contributed by atoms with Crippen LogP contribution in [0.15, 0.2) is 143 Å². The second-order valence-electron chi connectivity index (χ2n) is 11.7. The van der Waals surface area contributed by atoms with Crippen LogP contribution in [-0.4, -0.2) is 32.3 Å². The fourth-order valence-corrected chi connectivity index (χ4v) is 7.79. The van der Waals surface area contributed by atoms with Crippen LogP contribution in [0.2, 0.25) is 0 Å². The highest BCUT2D eigenvalue weighted by molar-refractivity contribution is 7.90. The number of hydrogen-bond acceptors (Lipinski definition) is 5. The number of carbonyl (C=O) groups excluding carboxylic acids is 1. The SMILES string of the molecule is COc1cccc(C2N(OCc3ccccc3)C(=O)C(c3ccccc3)C23/C(=N/S(=O)(=O)c2ccc(C)cc2)Nc2ccccc23)c1. The van der Waals surface area contributed by atoms with Crippen LogP contribution in [0.5, 0.6) is 5.75 Å². The second-order valence-corrected chi connectivity index (χ2v) is 13.3. The lowest BCUT2D eigenvalue weighted by molar-refractivity contribution is -0.198. The highest BCUT2D eigenvalue weighted by atomic mass is 32.2. The van der Waals surface area contributed by atoms with E-state index in [4.69, 9.17) is 9.57 Å². The molecule has 0 saturated carbocycles. The van der Waals surface area contributed by atoms with Crippen molar-refractivity contribution in [3.8, 4) is 5.75 Å². The molecule has 3 unspecified atom stereocenters. The Labute approximate surface area is 274 Å². The molecule has 1 N–H and O–H groups in total. The van der Waals surface area contributed by atoms with Crippen LogP contribution in [0.1, 0.15) is 39.8 Å². The summed E-state index contributed by atoms with van der Waals surface area (Å²) in [4.78, 5) is 21.5. The van der Waals surface area contributed by atoms with Crippen molar-refractivity contribution in [1.82, 2.24) is 5.06 Å². The number of amides is 1. The molecule has 1 spiro atoms. The predicted molar refractivity (Wildman–Crippen MR) is 181 cm³/mol. The number of anilines is 1. The van der Waals surface area contributed by atoms with Crippen molar-refractivity contribution in [2.45, 2.75) is 35.8 Å². The lowest BCUT2D eigenvalue weighted by Crippen LogP contribution is -2.44. The summed E-state index contributed by atoms with van der Waals surface area (Å²) in [5, 5.41) is 4.77. The van der Waals surface area contributed by atoms with E-state index in [1.54, 1.807) is 31.4 Å². The highest BCUT2D eigenvalue weighted by Crippen LogP contribution is 2.62. The number of nitrogens with one attached hydrogen (secondary N) is 1. The van der Waals surface area contributed by atoms with Gasteiger partial charge in [0.15, 0.2) is 0 Å². The van der Waals surface area contributed by atoms with E-state index in [1.165, 1.54) is 5.06 Å². The third-order valence-corrected chi connectivity index (χ3v) is 10.2. The summed E-state index contributed by atoms with van der Waals surface area (Å²) in [5.74, 6) is -0.501. The molecule has 9 heteroatoms. The molecule has 3 atom stereocenters. The number of methoxy groups -OCH3 is 1. The first-order chi connectivity index (χ1) is 22.8. The number of rotatable bonds is 8. The number of aryl methyl sites for hydroxylation is 1. The van der Waals surface area contributed by atoms with E-state index in [-0.39, 0.29) is 23.2 Å². The fourth-order valence-electron chi connectivity index (χ4n) is 6.77. The summed E-state index contributed by atoms with van der Waals surface area (Å²) in [6, 6.07) is 39.8. The van der Waals surface area contributed by atoms with E-state index in [2.05, 4.69) is 9.71 Å². The molecule has 1 amide bonds. The highest BCUT2D eigenvalue weighted by Gasteiger charge is 2.67. The lowest BCUT2D eigenvalue weighted by Gasteiger charge is -2.37. The Hall–Kier alpha value is -5.25. The minimum atomic E-state index is -4.23. The molecule has 2 heterocycles. The number of sulfonamides is 1. The van der Waals surface area contributed by atoms with Crippen LogP contribution in [0.3, 0.4) is 0 Å². The van der Waals surface area contributed by atoms with Crippen molar-refractivity contribution < 1.29 is 22.8 Å². The summed E-state index contributed by atoms with van der Waals surface area (Å²) in [7, 11) is -2.64. The molecule has 0 bridgehead atoms. The maximum Gasteiger partial charge on any atom is 0.283 e. The van der Waals surface area contributed by atoms with Crippen molar-refractivity contribution in [2.24, 2.45) is 4.40 Å². The van der Waals surface area contributed by atoms with Crippen molar-refractivity contribution >= 4 is 27.5 Å². The number of amidine groups is 1. The standard InChI is InChI=1S/C38H33N3O5S/c1-26-20-22-31(23-21-26)47(43,44)40-37-38(32-18-9-10-19-33(32)39-37)34(28-14-7-4-8-15-28)36(42)41(46-25-27-12-5-3-6-13-27)35(38)29-16-11-17-30(24-29)45-2/h3-24,34-35H,25H2,1-2H3,(H,39,40). The molecule has 7 rings (SSSR count). The average molecular weight is 644 g/mol. The second kappa shape index (κ2) is 12.2. The Kier molecular flexibility index (Phi) is 7.87. The van der Waals surface area contributed by atoms with Crippen molar-refractivity contribution in [1.29, 1.82) is 0 Å². The summed E-state index contributed by atoms with van der Waals surface area (Å²) >= 11 is 0. The molecule has 2 aliphatic heterocycles. The zero-order valence-corrected chi connectivity index (χ0v) is 26.7. The van der Waals surface area contributed by atoms with Gasteiger partial charge in [-0.25, -0.2) is 5.06 Å². The molecule has 0 aromatic heterocycles. The number of nitrogens with zero attached hydrogens (tertiary/aromatic N) is 2. The number of hydroxylamine groups is 2. The maximum absolute atomic E-state index is 15.0. The van der Waals surface area contributed by atoms with Gasteiger partial charge in [0.2, 0.25) is 0 Å². The Bertz CT molecular complexity index is 2070. The number of para-hydroxylation sites is 1. The number of ether oxygens (including phenoxy) is 1. The molecule has 236 valence electrons. The average Bonchev–Trinajstić information content (AvgIpc) is 3.54. The summed E-state index contributed by atoms with van der Waals surface area (Å²) < 4.78 is 38.3. The molecule has 5 aromatic rings. The quantitative estimate of drug-likeness (QED) is 0.197. The number of benzene rings is 5. The first kappa shape index (κ1) is 30.4. The molecular formula is C38H33N3O5S. The zero-order chi connectivity index (χ0) is 32.6. The largest absolute Gasteiger partial charge is 0.497 e. The van der Waals surface area contributed by atoms with E-state index in [1.807, 2.05) is 116 Å². The van der Waals surface area contributed by atoms with Gasteiger partial charge in [-0.2, -0.15) is 8.42 Å². The van der Waals surface area contributed by atoms with Gasteiger partial charge < -0.3 is 10.1 Å². The zero-order valence-electron chi connectivity index (χ0n) is 25.9. The van der Waals surface area contributed by atoms with Gasteiger partial charge in [-0.15, -0.1) is 4.40 Å². The summed E-state index contributed by atoms with van der Waals surface area (Å²) in [6.07, 6.45) is 0. The van der Waals surface area contributed by atoms with Gasteiger partial charge in [-0.1, -0.05) is 109 Å². The molecule has 0 aliphatic carbocycles. The van der Waals surface area contributed by atoms with Gasteiger partial charge in [0.05, 0.1) is 23.3 Å². The van der Waals surface area contributed by atoms with Crippen LogP contribution in [-0.2, 0) is 31.7 Å². The van der Waals surface area contributed by atoms with Crippen LogP contribution in [0, 0.1) is 6.92 Å². The fraction of sp³-hybridized carbons (Fsp3) is 0.158. The van der Waals surface area contributed by atoms with Gasteiger partial charge in [-0.3, -0.25) is 9.63 Å². The van der Waals surface area contributed by atoms with E-state index in [9.17, 15) is 13.2 Å². The first-order valence-corrected chi connectivity index (χ1v) is 16.7. The van der Waals surface area contributed by atoms with Crippen LogP contribution < -0.4 is 10.1 Å². The van der Waals surface area contributed by atoms with E-state index in [0.717, 1.165) is 16.7 Å². The van der Waals surface area contributed by atoms with Crippen LogP contribution >= 0.6 is 0 Å². The van der Waals surface area contributed by atoms with Crippen LogP contribution in [0.4, 0.5) is 5.69 Å². The third-order valence-electron chi connectivity index (χ3n) is 8.89. The normalized spacial score (nSPS) is 21.2. The minimum absolute atomic E-state index is 0.0548. The molecule has 1 saturated heterocycles. The van der Waals surface area contributed by atoms with E-state index >= 15 is 0 Å². The Morgan fingerprint density at radius 3 is 2.19 bits per heavy atom. The lowest BCUT2D eigenvalue weighted by atomic mass is 9.64. The van der Waals surface area contributed by atoms with Gasteiger partial charge in [-0.05, 0) is 59.5 Å². The van der Waals surface area contributed by atoms with Crippen molar-refractivity contribution in [2.75, 3.05) is 12.4 Å². The van der Waals surface area contributed by atoms with Gasteiger partial charge in [0.25, 0.3) is 15.9 Å². The Balaban J connectivity index is 1.52. The number of carbonyl (C=O) groups is 1. The Morgan fingerprint density at radius 2 is 1.47 bits per heavy atom. The van der Waals surface area contributed by atoms with Gasteiger partial charge in [0.1, 0.15) is 24.2 Å². The molecule has 8 nitrogen and oxygen atoms in total. The maximum atomic E-state index is 15.0. The van der Waals surface area contributed by atoms with Crippen LogP contribution in [0.25, 0.3) is 0 Å². The van der Waals surface area contributed by atoms with Gasteiger partial charge >= 0.3 is 0 Å². The van der Waals surface area contributed by atoms with E-state index < -0.39 is 27.4 Å². The predicted octanol–water partition coefficient (Wildman–Crippen LogP) is 6.95. The topological polar surface area (TPSA) is 97.3 Å². The number of fused-ring (bicyclic) bond motifs is 2.